The Labute approximate surface area is 93.3 Å². The molecule has 2 aromatic carbocycles. The van der Waals surface area contributed by atoms with Gasteiger partial charge in [-0.25, -0.2) is 4.39 Å². The summed E-state index contributed by atoms with van der Waals surface area (Å²) >= 11 is 0. The molecule has 0 N–H and O–H groups in total. The Hall–Kier alpha value is -1.96. The minimum atomic E-state index is -0.207. The molecule has 1 unspecified atom stereocenters. The summed E-state index contributed by atoms with van der Waals surface area (Å²) in [6.45, 7) is 0. The SMILES string of the molecule is Fc1ccc(C2=NC2c2ccccc2)cc1. The molecule has 0 amide bonds. The topological polar surface area (TPSA) is 12.4 Å². The fourth-order valence-corrected chi connectivity index (χ4v) is 1.82. The van der Waals surface area contributed by atoms with E-state index in [-0.39, 0.29) is 11.9 Å². The lowest BCUT2D eigenvalue weighted by Crippen LogP contribution is -1.93. The van der Waals surface area contributed by atoms with Crippen LogP contribution in [0.5, 0.6) is 0 Å². The molecule has 16 heavy (non-hydrogen) atoms. The average molecular weight is 211 g/mol. The van der Waals surface area contributed by atoms with Gasteiger partial charge >= 0.3 is 0 Å². The van der Waals surface area contributed by atoms with Gasteiger partial charge in [-0.2, -0.15) is 0 Å². The minimum absolute atomic E-state index is 0.173. The zero-order chi connectivity index (χ0) is 11.0. The molecule has 0 fully saturated rings. The van der Waals surface area contributed by atoms with Crippen molar-refractivity contribution in [1.29, 1.82) is 0 Å². The van der Waals surface area contributed by atoms with Crippen LogP contribution < -0.4 is 0 Å². The Kier molecular flexibility index (Phi) is 2.07. The van der Waals surface area contributed by atoms with Gasteiger partial charge in [0.05, 0.1) is 5.71 Å². The predicted octanol–water partition coefficient (Wildman–Crippen LogP) is 3.37. The van der Waals surface area contributed by atoms with Crippen molar-refractivity contribution in [3.05, 3.63) is 71.5 Å². The fourth-order valence-electron chi connectivity index (χ4n) is 1.82. The van der Waals surface area contributed by atoms with Crippen LogP contribution in [0.4, 0.5) is 4.39 Å². The van der Waals surface area contributed by atoms with Crippen LogP contribution in [0.3, 0.4) is 0 Å². The summed E-state index contributed by atoms with van der Waals surface area (Å²) < 4.78 is 12.8. The highest BCUT2D eigenvalue weighted by Gasteiger charge is 2.29. The number of rotatable bonds is 2. The van der Waals surface area contributed by atoms with Gasteiger partial charge in [-0.05, 0) is 23.3 Å². The van der Waals surface area contributed by atoms with Gasteiger partial charge in [-0.1, -0.05) is 42.5 Å². The fraction of sp³-hybridized carbons (Fsp3) is 0.0714. The number of hydrogen-bond acceptors (Lipinski definition) is 1. The number of benzene rings is 2. The molecule has 2 heteroatoms. The van der Waals surface area contributed by atoms with Crippen LogP contribution in [0.2, 0.25) is 0 Å². The van der Waals surface area contributed by atoms with E-state index in [0.29, 0.717) is 0 Å². The van der Waals surface area contributed by atoms with E-state index in [4.69, 9.17) is 0 Å². The minimum Gasteiger partial charge on any atom is -0.272 e. The first-order chi connectivity index (χ1) is 7.84. The van der Waals surface area contributed by atoms with Crippen LogP contribution in [0.1, 0.15) is 17.2 Å². The molecular weight excluding hydrogens is 201 g/mol. The van der Waals surface area contributed by atoms with Gasteiger partial charge in [0, 0.05) is 0 Å². The second kappa shape index (κ2) is 3.56. The van der Waals surface area contributed by atoms with Crippen LogP contribution >= 0.6 is 0 Å². The smallest absolute Gasteiger partial charge is 0.123 e. The summed E-state index contributed by atoms with van der Waals surface area (Å²) in [6.07, 6.45) is 0. The molecule has 1 nitrogen and oxygen atoms in total. The van der Waals surface area contributed by atoms with Crippen LogP contribution in [0.15, 0.2) is 59.6 Å². The Morgan fingerprint density at radius 1 is 0.875 bits per heavy atom. The molecule has 2 aromatic rings. The zero-order valence-electron chi connectivity index (χ0n) is 8.60. The highest BCUT2D eigenvalue weighted by Crippen LogP contribution is 2.34. The lowest BCUT2D eigenvalue weighted by molar-refractivity contribution is 0.628. The van der Waals surface area contributed by atoms with Gasteiger partial charge in [-0.15, -0.1) is 0 Å². The average Bonchev–Trinajstić information content (AvgIpc) is 3.11. The molecule has 78 valence electrons. The first-order valence-electron chi connectivity index (χ1n) is 5.23. The number of nitrogens with zero attached hydrogens (tertiary/aromatic N) is 1. The standard InChI is InChI=1S/C14H10FN/c15-12-8-6-11(7-9-12)14-13(16-14)10-4-2-1-3-5-10/h1-9,13H. The molecule has 0 aliphatic carbocycles. The molecule has 0 aromatic heterocycles. The number of halogens is 1. The normalized spacial score (nSPS) is 18.1. The molecular formula is C14H10FN. The highest BCUT2D eigenvalue weighted by molar-refractivity contribution is 6.13. The Bertz CT molecular complexity index is 528. The van der Waals surface area contributed by atoms with Crippen LogP contribution in [-0.4, -0.2) is 5.71 Å². The van der Waals surface area contributed by atoms with Gasteiger partial charge in [0.15, 0.2) is 0 Å². The second-order valence-corrected chi connectivity index (χ2v) is 3.83. The highest BCUT2D eigenvalue weighted by atomic mass is 19.1. The number of hydrogen-bond donors (Lipinski definition) is 0. The van der Waals surface area contributed by atoms with Crippen molar-refractivity contribution in [2.24, 2.45) is 4.99 Å². The van der Waals surface area contributed by atoms with Crippen LogP contribution in [0, 0.1) is 5.82 Å². The molecule has 3 rings (SSSR count). The maximum Gasteiger partial charge on any atom is 0.123 e. The third-order valence-corrected chi connectivity index (χ3v) is 2.71. The zero-order valence-corrected chi connectivity index (χ0v) is 8.60. The summed E-state index contributed by atoms with van der Waals surface area (Å²) in [6, 6.07) is 16.8. The van der Waals surface area contributed by atoms with E-state index in [1.807, 2.05) is 18.2 Å². The molecule has 1 heterocycles. The molecule has 0 saturated heterocycles. The molecule has 0 bridgehead atoms. The predicted molar refractivity (Wildman–Crippen MR) is 62.1 cm³/mol. The lowest BCUT2D eigenvalue weighted by Gasteiger charge is -1.97. The summed E-state index contributed by atoms with van der Waals surface area (Å²) in [4.78, 5) is 4.42. The van der Waals surface area contributed by atoms with Gasteiger partial charge in [0.25, 0.3) is 0 Å². The maximum atomic E-state index is 12.8. The quantitative estimate of drug-likeness (QED) is 0.722. The molecule has 1 aliphatic heterocycles. The van der Waals surface area contributed by atoms with Gasteiger partial charge in [-0.3, -0.25) is 4.99 Å². The van der Waals surface area contributed by atoms with Crippen molar-refractivity contribution in [3.8, 4) is 0 Å². The molecule has 0 spiro atoms. The summed E-state index contributed by atoms with van der Waals surface area (Å²) in [5.74, 6) is -0.207. The largest absolute Gasteiger partial charge is 0.272 e. The van der Waals surface area contributed by atoms with E-state index in [1.165, 1.54) is 17.7 Å². The molecule has 0 radical (unpaired) electrons. The monoisotopic (exact) mass is 211 g/mol. The third kappa shape index (κ3) is 1.63. The Morgan fingerprint density at radius 2 is 1.56 bits per heavy atom. The van der Waals surface area contributed by atoms with Crippen molar-refractivity contribution in [3.63, 3.8) is 0 Å². The van der Waals surface area contributed by atoms with Crippen molar-refractivity contribution < 1.29 is 4.39 Å². The van der Waals surface area contributed by atoms with Crippen LogP contribution in [-0.2, 0) is 0 Å². The lowest BCUT2D eigenvalue weighted by atomic mass is 10.0. The summed E-state index contributed by atoms with van der Waals surface area (Å²) in [7, 11) is 0. The van der Waals surface area contributed by atoms with Crippen molar-refractivity contribution in [1.82, 2.24) is 0 Å². The van der Waals surface area contributed by atoms with Crippen molar-refractivity contribution >= 4 is 5.71 Å². The van der Waals surface area contributed by atoms with Crippen molar-refractivity contribution in [2.45, 2.75) is 6.04 Å². The van der Waals surface area contributed by atoms with E-state index < -0.39 is 0 Å². The van der Waals surface area contributed by atoms with Crippen molar-refractivity contribution in [2.75, 3.05) is 0 Å². The van der Waals surface area contributed by atoms with E-state index in [2.05, 4.69) is 17.1 Å². The van der Waals surface area contributed by atoms with E-state index in [1.54, 1.807) is 12.1 Å². The Morgan fingerprint density at radius 3 is 2.25 bits per heavy atom. The van der Waals surface area contributed by atoms with E-state index in [9.17, 15) is 4.39 Å². The summed E-state index contributed by atoms with van der Waals surface area (Å²) in [5.41, 5.74) is 3.25. The van der Waals surface area contributed by atoms with E-state index in [0.717, 1.165) is 11.3 Å². The molecule has 1 aliphatic rings. The summed E-state index contributed by atoms with van der Waals surface area (Å²) in [5, 5.41) is 0. The first-order valence-corrected chi connectivity index (χ1v) is 5.23. The van der Waals surface area contributed by atoms with E-state index >= 15 is 0 Å². The number of aliphatic imine (C=N–C) groups is 1. The maximum absolute atomic E-state index is 12.8. The third-order valence-electron chi connectivity index (χ3n) is 2.71. The molecule has 1 atom stereocenters. The van der Waals surface area contributed by atoms with Crippen LogP contribution in [0.25, 0.3) is 0 Å². The molecule has 0 saturated carbocycles. The Balaban J connectivity index is 1.81. The second-order valence-electron chi connectivity index (χ2n) is 3.83. The van der Waals surface area contributed by atoms with Gasteiger partial charge < -0.3 is 0 Å². The van der Waals surface area contributed by atoms with Gasteiger partial charge in [0.2, 0.25) is 0 Å². The van der Waals surface area contributed by atoms with Gasteiger partial charge in [0.1, 0.15) is 11.9 Å². The first kappa shape index (κ1) is 9.28.